The maximum atomic E-state index is 5.83. The Hall–Kier alpha value is -0.840. The van der Waals surface area contributed by atoms with E-state index in [1.54, 1.807) is 12.5 Å². The Bertz CT molecular complexity index is 285. The van der Waals surface area contributed by atoms with Gasteiger partial charge in [-0.2, -0.15) is 0 Å². The second-order valence-electron chi connectivity index (χ2n) is 4.14. The van der Waals surface area contributed by atoms with E-state index in [0.29, 0.717) is 0 Å². The Morgan fingerprint density at radius 3 is 3.20 bits per heavy atom. The van der Waals surface area contributed by atoms with Gasteiger partial charge in [-0.3, -0.25) is 4.90 Å². The zero-order chi connectivity index (χ0) is 10.7. The molecule has 0 saturated carbocycles. The van der Waals surface area contributed by atoms with Crippen molar-refractivity contribution in [2.24, 2.45) is 5.73 Å². The molecule has 0 radical (unpaired) electrons. The van der Waals surface area contributed by atoms with E-state index in [2.05, 4.69) is 4.90 Å². The number of rotatable bonds is 3. The molecule has 2 heterocycles. The molecule has 15 heavy (non-hydrogen) atoms. The van der Waals surface area contributed by atoms with Gasteiger partial charge in [-0.05, 0) is 13.0 Å². The Morgan fingerprint density at radius 1 is 1.67 bits per heavy atom. The highest BCUT2D eigenvalue weighted by molar-refractivity contribution is 5.05. The van der Waals surface area contributed by atoms with Gasteiger partial charge in [0.2, 0.25) is 0 Å². The highest BCUT2D eigenvalue weighted by atomic mass is 16.5. The molecule has 1 aliphatic rings. The molecule has 0 bridgehead atoms. The second-order valence-corrected chi connectivity index (χ2v) is 4.14. The fourth-order valence-corrected chi connectivity index (χ4v) is 1.83. The van der Waals surface area contributed by atoms with E-state index in [1.165, 1.54) is 5.56 Å². The largest absolute Gasteiger partial charge is 0.472 e. The van der Waals surface area contributed by atoms with Crippen molar-refractivity contribution in [1.82, 2.24) is 4.90 Å². The van der Waals surface area contributed by atoms with Crippen LogP contribution >= 0.6 is 0 Å². The van der Waals surface area contributed by atoms with Crippen LogP contribution in [-0.4, -0.2) is 36.7 Å². The average molecular weight is 210 g/mol. The van der Waals surface area contributed by atoms with Gasteiger partial charge in [0, 0.05) is 31.2 Å². The summed E-state index contributed by atoms with van der Waals surface area (Å²) in [7, 11) is 0. The van der Waals surface area contributed by atoms with Crippen molar-refractivity contribution in [3.8, 4) is 0 Å². The maximum absolute atomic E-state index is 5.83. The van der Waals surface area contributed by atoms with E-state index in [9.17, 15) is 0 Å². The van der Waals surface area contributed by atoms with Crippen molar-refractivity contribution in [2.75, 3.05) is 19.7 Å². The summed E-state index contributed by atoms with van der Waals surface area (Å²) in [6.07, 6.45) is 3.65. The molecule has 1 aromatic rings. The summed E-state index contributed by atoms with van der Waals surface area (Å²) in [5, 5.41) is 0. The predicted octanol–water partition coefficient (Wildman–Crippen LogP) is 0.828. The predicted molar refractivity (Wildman–Crippen MR) is 57.4 cm³/mol. The Balaban J connectivity index is 1.88. The summed E-state index contributed by atoms with van der Waals surface area (Å²) in [5.41, 5.74) is 7.04. The second kappa shape index (κ2) is 4.79. The van der Waals surface area contributed by atoms with Crippen LogP contribution in [0.1, 0.15) is 12.5 Å². The number of ether oxygens (including phenoxy) is 1. The molecule has 2 N–H and O–H groups in total. The first kappa shape index (κ1) is 10.7. The molecule has 2 rings (SSSR count). The van der Waals surface area contributed by atoms with E-state index >= 15 is 0 Å². The number of nitrogens with two attached hydrogens (primary N) is 1. The van der Waals surface area contributed by atoms with Crippen LogP contribution in [0.25, 0.3) is 0 Å². The van der Waals surface area contributed by atoms with Crippen molar-refractivity contribution >= 4 is 0 Å². The van der Waals surface area contributed by atoms with Crippen LogP contribution in [0.4, 0.5) is 0 Å². The van der Waals surface area contributed by atoms with Crippen molar-refractivity contribution < 1.29 is 9.15 Å². The van der Waals surface area contributed by atoms with Crippen LogP contribution in [0.15, 0.2) is 23.0 Å². The highest BCUT2D eigenvalue weighted by Crippen LogP contribution is 2.12. The first-order valence-corrected chi connectivity index (χ1v) is 5.36. The van der Waals surface area contributed by atoms with Gasteiger partial charge in [-0.15, -0.1) is 0 Å². The third-order valence-corrected chi connectivity index (χ3v) is 2.75. The Labute approximate surface area is 90.0 Å². The third-order valence-electron chi connectivity index (χ3n) is 2.75. The number of nitrogens with zero attached hydrogens (tertiary/aromatic N) is 1. The van der Waals surface area contributed by atoms with Crippen LogP contribution < -0.4 is 5.73 Å². The van der Waals surface area contributed by atoms with Gasteiger partial charge in [0.15, 0.2) is 0 Å². The summed E-state index contributed by atoms with van der Waals surface area (Å²) in [4.78, 5) is 2.35. The Kier molecular flexibility index (Phi) is 3.41. The minimum absolute atomic E-state index is 0.0946. The quantitative estimate of drug-likeness (QED) is 0.802. The van der Waals surface area contributed by atoms with Gasteiger partial charge in [-0.1, -0.05) is 0 Å². The zero-order valence-corrected chi connectivity index (χ0v) is 9.06. The standard InChI is InChI=1S/C11H18N2O2/c1-9(12)11-7-13(3-5-15-11)6-10-2-4-14-8-10/h2,4,8-9,11H,3,5-7,12H2,1H3. The van der Waals surface area contributed by atoms with Crippen LogP contribution in [0.5, 0.6) is 0 Å². The lowest BCUT2D eigenvalue weighted by Gasteiger charge is -2.34. The summed E-state index contributed by atoms with van der Waals surface area (Å²) in [5.74, 6) is 0. The fraction of sp³-hybridized carbons (Fsp3) is 0.636. The molecule has 1 aromatic heterocycles. The molecule has 0 aliphatic carbocycles. The molecule has 1 fully saturated rings. The smallest absolute Gasteiger partial charge is 0.0947 e. The molecule has 2 atom stereocenters. The van der Waals surface area contributed by atoms with Crippen LogP contribution in [0, 0.1) is 0 Å². The van der Waals surface area contributed by atoms with Crippen molar-refractivity contribution in [2.45, 2.75) is 25.6 Å². The van der Waals surface area contributed by atoms with Gasteiger partial charge >= 0.3 is 0 Å². The van der Waals surface area contributed by atoms with Crippen molar-refractivity contribution in [3.05, 3.63) is 24.2 Å². The molecule has 0 aromatic carbocycles. The van der Waals surface area contributed by atoms with Gasteiger partial charge in [0.1, 0.15) is 0 Å². The normalized spacial score (nSPS) is 25.3. The first-order chi connectivity index (χ1) is 7.25. The zero-order valence-electron chi connectivity index (χ0n) is 9.06. The molecule has 2 unspecified atom stereocenters. The summed E-state index contributed by atoms with van der Waals surface area (Å²) in [6.45, 7) is 5.55. The molecular formula is C11H18N2O2. The summed E-state index contributed by atoms with van der Waals surface area (Å²) < 4.78 is 10.6. The molecule has 84 valence electrons. The lowest BCUT2D eigenvalue weighted by atomic mass is 10.1. The number of hydrogen-bond donors (Lipinski definition) is 1. The van der Waals surface area contributed by atoms with Gasteiger partial charge in [0.05, 0.1) is 25.2 Å². The lowest BCUT2D eigenvalue weighted by Crippen LogP contribution is -2.49. The monoisotopic (exact) mass is 210 g/mol. The number of morpholine rings is 1. The molecule has 0 spiro atoms. The molecular weight excluding hydrogens is 192 g/mol. The summed E-state index contributed by atoms with van der Waals surface area (Å²) >= 11 is 0. The lowest BCUT2D eigenvalue weighted by molar-refractivity contribution is -0.0403. The molecule has 4 nitrogen and oxygen atoms in total. The number of furan rings is 1. The van der Waals surface area contributed by atoms with E-state index in [0.717, 1.165) is 26.2 Å². The van der Waals surface area contributed by atoms with E-state index in [4.69, 9.17) is 14.9 Å². The van der Waals surface area contributed by atoms with Gasteiger partial charge < -0.3 is 14.9 Å². The fourth-order valence-electron chi connectivity index (χ4n) is 1.83. The van der Waals surface area contributed by atoms with Crippen molar-refractivity contribution in [3.63, 3.8) is 0 Å². The minimum atomic E-state index is 0.0946. The average Bonchev–Trinajstić information content (AvgIpc) is 2.71. The number of hydrogen-bond acceptors (Lipinski definition) is 4. The van der Waals surface area contributed by atoms with Crippen molar-refractivity contribution in [1.29, 1.82) is 0 Å². The minimum Gasteiger partial charge on any atom is -0.472 e. The topological polar surface area (TPSA) is 51.6 Å². The molecule has 0 amide bonds. The van der Waals surface area contributed by atoms with Crippen LogP contribution in [-0.2, 0) is 11.3 Å². The van der Waals surface area contributed by atoms with E-state index in [1.807, 2.05) is 13.0 Å². The molecule has 1 aliphatic heterocycles. The maximum Gasteiger partial charge on any atom is 0.0947 e. The van der Waals surface area contributed by atoms with E-state index in [-0.39, 0.29) is 12.1 Å². The summed E-state index contributed by atoms with van der Waals surface area (Å²) in [6, 6.07) is 2.09. The van der Waals surface area contributed by atoms with E-state index < -0.39 is 0 Å². The van der Waals surface area contributed by atoms with Crippen LogP contribution in [0.2, 0.25) is 0 Å². The third kappa shape index (κ3) is 2.81. The highest BCUT2D eigenvalue weighted by Gasteiger charge is 2.23. The van der Waals surface area contributed by atoms with Crippen LogP contribution in [0.3, 0.4) is 0 Å². The van der Waals surface area contributed by atoms with Gasteiger partial charge in [-0.25, -0.2) is 0 Å². The first-order valence-electron chi connectivity index (χ1n) is 5.36. The molecule has 1 saturated heterocycles. The Morgan fingerprint density at radius 2 is 2.53 bits per heavy atom. The SMILES string of the molecule is CC(N)C1CN(Cc2ccoc2)CCO1. The van der Waals surface area contributed by atoms with Gasteiger partial charge in [0.25, 0.3) is 0 Å². The molecule has 4 heteroatoms.